The Morgan fingerprint density at radius 2 is 1.94 bits per heavy atom. The number of benzene rings is 1. The van der Waals surface area contributed by atoms with Gasteiger partial charge in [-0.15, -0.1) is 0 Å². The van der Waals surface area contributed by atoms with Crippen molar-refractivity contribution in [2.24, 2.45) is 5.73 Å². The molecule has 0 aliphatic carbocycles. The first-order valence-corrected chi connectivity index (χ1v) is 5.92. The molecule has 1 aromatic carbocycles. The number of hydrogen-bond acceptors (Lipinski definition) is 4. The highest BCUT2D eigenvalue weighted by Crippen LogP contribution is 2.31. The Balaban J connectivity index is 2.67. The van der Waals surface area contributed by atoms with E-state index in [1.54, 1.807) is 14.2 Å². The fourth-order valence-electron chi connectivity index (χ4n) is 2.05. The summed E-state index contributed by atoms with van der Waals surface area (Å²) in [6.07, 6.45) is 0.828. The summed E-state index contributed by atoms with van der Waals surface area (Å²) in [6, 6.07) is 5.91. The number of aromatic nitrogens is 1. The van der Waals surface area contributed by atoms with Crippen molar-refractivity contribution in [2.75, 3.05) is 20.8 Å². The van der Waals surface area contributed by atoms with Gasteiger partial charge in [-0.3, -0.25) is 0 Å². The summed E-state index contributed by atoms with van der Waals surface area (Å²) in [5, 5.41) is 1.01. The van der Waals surface area contributed by atoms with E-state index in [1.165, 1.54) is 5.56 Å². The minimum absolute atomic E-state index is 0.620. The zero-order valence-electron chi connectivity index (χ0n) is 11.0. The van der Waals surface area contributed by atoms with Crippen molar-refractivity contribution in [3.8, 4) is 11.5 Å². The van der Waals surface area contributed by atoms with E-state index < -0.39 is 0 Å². The van der Waals surface area contributed by atoms with E-state index in [4.69, 9.17) is 15.2 Å². The molecule has 0 aliphatic rings. The Bertz CT molecular complexity index is 567. The van der Waals surface area contributed by atoms with Gasteiger partial charge in [-0.05, 0) is 37.6 Å². The van der Waals surface area contributed by atoms with Crippen molar-refractivity contribution in [3.63, 3.8) is 0 Å². The molecule has 4 nitrogen and oxygen atoms in total. The van der Waals surface area contributed by atoms with Gasteiger partial charge < -0.3 is 15.2 Å². The second-order valence-corrected chi connectivity index (χ2v) is 4.17. The van der Waals surface area contributed by atoms with Crippen LogP contribution in [0.1, 0.15) is 11.3 Å². The molecule has 0 aliphatic heterocycles. The summed E-state index contributed by atoms with van der Waals surface area (Å²) in [7, 11) is 3.28. The number of ether oxygens (including phenoxy) is 2. The average molecular weight is 246 g/mol. The third-order valence-corrected chi connectivity index (χ3v) is 3.02. The lowest BCUT2D eigenvalue weighted by Crippen LogP contribution is -2.05. The normalized spacial score (nSPS) is 10.7. The molecule has 0 amide bonds. The van der Waals surface area contributed by atoms with Gasteiger partial charge in [0.15, 0.2) is 0 Å². The van der Waals surface area contributed by atoms with Crippen LogP contribution in [-0.4, -0.2) is 25.7 Å². The number of fused-ring (bicyclic) bond motifs is 1. The van der Waals surface area contributed by atoms with Gasteiger partial charge in [0.2, 0.25) is 0 Å². The van der Waals surface area contributed by atoms with Gasteiger partial charge in [-0.1, -0.05) is 0 Å². The van der Waals surface area contributed by atoms with E-state index in [0.717, 1.165) is 34.5 Å². The molecule has 0 saturated heterocycles. The molecule has 0 fully saturated rings. The maximum atomic E-state index is 5.61. The van der Waals surface area contributed by atoms with Crippen LogP contribution in [0.3, 0.4) is 0 Å². The fourth-order valence-corrected chi connectivity index (χ4v) is 2.05. The van der Waals surface area contributed by atoms with E-state index in [9.17, 15) is 0 Å². The summed E-state index contributed by atoms with van der Waals surface area (Å²) < 4.78 is 10.6. The van der Waals surface area contributed by atoms with E-state index in [1.807, 2.05) is 19.1 Å². The van der Waals surface area contributed by atoms with Crippen molar-refractivity contribution in [1.82, 2.24) is 4.98 Å². The van der Waals surface area contributed by atoms with Crippen LogP contribution in [0.2, 0.25) is 0 Å². The lowest BCUT2D eigenvalue weighted by atomic mass is 10.1. The van der Waals surface area contributed by atoms with Crippen LogP contribution in [-0.2, 0) is 6.42 Å². The van der Waals surface area contributed by atoms with Crippen molar-refractivity contribution in [3.05, 3.63) is 29.5 Å². The van der Waals surface area contributed by atoms with Crippen molar-refractivity contribution in [2.45, 2.75) is 13.3 Å². The SMILES string of the molecule is COc1cc(OC)c2nc(C)c(CCN)cc2c1. The summed E-state index contributed by atoms with van der Waals surface area (Å²) >= 11 is 0. The number of pyridine rings is 1. The van der Waals surface area contributed by atoms with Gasteiger partial charge in [0.05, 0.1) is 14.2 Å². The van der Waals surface area contributed by atoms with Gasteiger partial charge in [-0.2, -0.15) is 0 Å². The third-order valence-electron chi connectivity index (χ3n) is 3.02. The van der Waals surface area contributed by atoms with Gasteiger partial charge in [0, 0.05) is 17.1 Å². The lowest BCUT2D eigenvalue weighted by Gasteiger charge is -2.11. The van der Waals surface area contributed by atoms with E-state index in [-0.39, 0.29) is 0 Å². The summed E-state index contributed by atoms with van der Waals surface area (Å²) in [5.41, 5.74) is 8.63. The van der Waals surface area contributed by atoms with Crippen molar-refractivity contribution < 1.29 is 9.47 Å². The molecule has 0 radical (unpaired) electrons. The molecule has 2 aromatic rings. The molecule has 2 rings (SSSR count). The Labute approximate surface area is 107 Å². The largest absolute Gasteiger partial charge is 0.497 e. The van der Waals surface area contributed by atoms with E-state index >= 15 is 0 Å². The molecule has 0 bridgehead atoms. The molecular formula is C14H18N2O2. The third kappa shape index (κ3) is 2.24. The van der Waals surface area contributed by atoms with Crippen LogP contribution in [0.5, 0.6) is 11.5 Å². The predicted molar refractivity (Wildman–Crippen MR) is 72.3 cm³/mol. The van der Waals surface area contributed by atoms with E-state index in [0.29, 0.717) is 6.54 Å². The molecule has 0 saturated carbocycles. The van der Waals surface area contributed by atoms with Crippen LogP contribution in [0.4, 0.5) is 0 Å². The molecular weight excluding hydrogens is 228 g/mol. The zero-order chi connectivity index (χ0) is 13.1. The van der Waals surface area contributed by atoms with Gasteiger partial charge in [0.25, 0.3) is 0 Å². The Morgan fingerprint density at radius 3 is 2.56 bits per heavy atom. The molecule has 96 valence electrons. The highest BCUT2D eigenvalue weighted by molar-refractivity contribution is 5.87. The highest BCUT2D eigenvalue weighted by Gasteiger charge is 2.09. The molecule has 0 spiro atoms. The first-order chi connectivity index (χ1) is 8.69. The van der Waals surface area contributed by atoms with Crippen LogP contribution in [0.25, 0.3) is 10.9 Å². The van der Waals surface area contributed by atoms with Crippen LogP contribution in [0, 0.1) is 6.92 Å². The zero-order valence-corrected chi connectivity index (χ0v) is 11.0. The highest BCUT2D eigenvalue weighted by atomic mass is 16.5. The van der Waals surface area contributed by atoms with Crippen LogP contribution >= 0.6 is 0 Å². The first-order valence-electron chi connectivity index (χ1n) is 5.92. The van der Waals surface area contributed by atoms with Gasteiger partial charge in [-0.25, -0.2) is 4.98 Å². The van der Waals surface area contributed by atoms with Gasteiger partial charge in [0.1, 0.15) is 17.0 Å². The summed E-state index contributed by atoms with van der Waals surface area (Å²) in [5.74, 6) is 1.50. The molecule has 1 heterocycles. The topological polar surface area (TPSA) is 57.4 Å². The Hall–Kier alpha value is -1.81. The molecule has 4 heteroatoms. The maximum Gasteiger partial charge on any atom is 0.148 e. The maximum absolute atomic E-state index is 5.61. The number of nitrogens with two attached hydrogens (primary N) is 1. The van der Waals surface area contributed by atoms with Crippen LogP contribution < -0.4 is 15.2 Å². The number of nitrogens with zero attached hydrogens (tertiary/aromatic N) is 1. The monoisotopic (exact) mass is 246 g/mol. The summed E-state index contributed by atoms with van der Waals surface area (Å²) in [4.78, 5) is 4.60. The molecule has 0 unspecified atom stereocenters. The van der Waals surface area contributed by atoms with Gasteiger partial charge >= 0.3 is 0 Å². The smallest absolute Gasteiger partial charge is 0.148 e. The second-order valence-electron chi connectivity index (χ2n) is 4.17. The first kappa shape index (κ1) is 12.6. The van der Waals surface area contributed by atoms with Crippen LogP contribution in [0.15, 0.2) is 18.2 Å². The number of rotatable bonds is 4. The minimum atomic E-state index is 0.620. The molecule has 1 aromatic heterocycles. The van der Waals surface area contributed by atoms with Crippen molar-refractivity contribution in [1.29, 1.82) is 0 Å². The van der Waals surface area contributed by atoms with E-state index in [2.05, 4.69) is 11.1 Å². The quantitative estimate of drug-likeness (QED) is 0.897. The number of methoxy groups -OCH3 is 2. The standard InChI is InChI=1S/C14H18N2O2/c1-9-10(4-5-15)6-11-7-12(17-2)8-13(18-3)14(11)16-9/h6-8H,4-5,15H2,1-3H3. The molecule has 0 atom stereocenters. The second kappa shape index (κ2) is 5.23. The number of aryl methyl sites for hydroxylation is 1. The molecule has 2 N–H and O–H groups in total. The fraction of sp³-hybridized carbons (Fsp3) is 0.357. The van der Waals surface area contributed by atoms with Crippen molar-refractivity contribution >= 4 is 10.9 Å². The lowest BCUT2D eigenvalue weighted by molar-refractivity contribution is 0.397. The summed E-state index contributed by atoms with van der Waals surface area (Å²) in [6.45, 7) is 2.61. The molecule has 18 heavy (non-hydrogen) atoms. The number of hydrogen-bond donors (Lipinski definition) is 1. The predicted octanol–water partition coefficient (Wildman–Crippen LogP) is 2.06. The Morgan fingerprint density at radius 1 is 1.17 bits per heavy atom. The minimum Gasteiger partial charge on any atom is -0.497 e. The average Bonchev–Trinajstić information content (AvgIpc) is 2.39. The Kier molecular flexibility index (Phi) is 3.67.